The molecule has 166 valence electrons. The Morgan fingerprint density at radius 3 is 2.62 bits per heavy atom. The number of para-hydroxylation sites is 1. The number of amides is 1. The molecule has 3 heterocycles. The molecule has 32 heavy (non-hydrogen) atoms. The van der Waals surface area contributed by atoms with Crippen molar-refractivity contribution in [1.29, 1.82) is 5.26 Å². The van der Waals surface area contributed by atoms with E-state index >= 15 is 0 Å². The Hall–Kier alpha value is -4.07. The average molecular weight is 444 g/mol. The van der Waals surface area contributed by atoms with E-state index < -0.39 is 12.5 Å². The molecular weight excluding hydrogens is 426 g/mol. The molecule has 1 amide bonds. The number of carbonyl (C=O) groups is 1. The summed E-state index contributed by atoms with van der Waals surface area (Å²) >= 11 is 0. The predicted octanol–water partition coefficient (Wildman–Crippen LogP) is 3.38. The van der Waals surface area contributed by atoms with Crippen LogP contribution in [0.2, 0.25) is 0 Å². The summed E-state index contributed by atoms with van der Waals surface area (Å²) in [7, 11) is 1.31. The molecule has 0 spiro atoms. The lowest BCUT2D eigenvalue weighted by molar-refractivity contribution is -0.0516. The molecule has 11 heteroatoms. The quantitative estimate of drug-likeness (QED) is 0.570. The first-order valence-electron chi connectivity index (χ1n) is 9.62. The molecule has 1 saturated heterocycles. The van der Waals surface area contributed by atoms with E-state index in [2.05, 4.69) is 9.72 Å². The van der Waals surface area contributed by atoms with E-state index in [4.69, 9.17) is 13.6 Å². The van der Waals surface area contributed by atoms with Crippen molar-refractivity contribution in [2.45, 2.75) is 6.61 Å². The topological polar surface area (TPSA) is 105 Å². The number of aromatic nitrogens is 1. The highest BCUT2D eigenvalue weighted by molar-refractivity contribution is 5.98. The smallest absolute Gasteiger partial charge is 0.387 e. The molecule has 0 N–H and O–H groups in total. The van der Waals surface area contributed by atoms with Gasteiger partial charge in [-0.25, -0.2) is 0 Å². The lowest BCUT2D eigenvalue weighted by Gasteiger charge is -2.34. The fourth-order valence-electron chi connectivity index (χ4n) is 3.44. The Morgan fingerprint density at radius 1 is 1.22 bits per heavy atom. The Balaban J connectivity index is 1.50. The normalized spacial score (nSPS) is 13.8. The zero-order chi connectivity index (χ0) is 22.7. The number of nitriles is 1. The molecule has 1 aliphatic rings. The number of piperazine rings is 1. The minimum absolute atomic E-state index is 0.0180. The van der Waals surface area contributed by atoms with Crippen LogP contribution in [0.15, 0.2) is 45.4 Å². The van der Waals surface area contributed by atoms with Crippen LogP contribution in [0.25, 0.3) is 11.7 Å². The van der Waals surface area contributed by atoms with Gasteiger partial charge in [-0.15, -0.1) is 0 Å². The third-order valence-corrected chi connectivity index (χ3v) is 4.94. The van der Waals surface area contributed by atoms with E-state index in [-0.39, 0.29) is 47.6 Å². The first-order valence-corrected chi connectivity index (χ1v) is 9.62. The van der Waals surface area contributed by atoms with Crippen LogP contribution >= 0.6 is 0 Å². The first kappa shape index (κ1) is 21.2. The molecule has 1 aliphatic heterocycles. The summed E-state index contributed by atoms with van der Waals surface area (Å²) in [6.07, 6.45) is 1.47. The van der Waals surface area contributed by atoms with Crippen LogP contribution in [0.4, 0.5) is 14.7 Å². The lowest BCUT2D eigenvalue weighted by atomic mass is 10.1. The van der Waals surface area contributed by atoms with Crippen molar-refractivity contribution in [2.24, 2.45) is 0 Å². The number of hydrogen-bond donors (Lipinski definition) is 0. The van der Waals surface area contributed by atoms with Crippen molar-refractivity contribution < 1.29 is 31.9 Å². The van der Waals surface area contributed by atoms with Gasteiger partial charge in [0.2, 0.25) is 11.6 Å². The van der Waals surface area contributed by atoms with Gasteiger partial charge in [-0.1, -0.05) is 6.07 Å². The van der Waals surface area contributed by atoms with Crippen LogP contribution in [0.3, 0.4) is 0 Å². The van der Waals surface area contributed by atoms with Gasteiger partial charge in [0.15, 0.2) is 17.3 Å². The van der Waals surface area contributed by atoms with E-state index in [9.17, 15) is 18.8 Å². The maximum absolute atomic E-state index is 13.0. The number of oxazole rings is 1. The third kappa shape index (κ3) is 4.07. The summed E-state index contributed by atoms with van der Waals surface area (Å²) in [6, 6.07) is 9.74. The molecular formula is C21H18F2N4O5. The third-order valence-electron chi connectivity index (χ3n) is 4.94. The highest BCUT2D eigenvalue weighted by Crippen LogP contribution is 2.34. The Bertz CT molecular complexity index is 1130. The van der Waals surface area contributed by atoms with Crippen LogP contribution in [0.5, 0.6) is 11.5 Å². The van der Waals surface area contributed by atoms with Crippen LogP contribution in [0, 0.1) is 11.3 Å². The number of furan rings is 1. The van der Waals surface area contributed by atoms with Gasteiger partial charge in [0.05, 0.1) is 18.9 Å². The number of carbonyl (C=O) groups excluding carboxylic acids is 1. The van der Waals surface area contributed by atoms with E-state index in [1.165, 1.54) is 36.5 Å². The summed E-state index contributed by atoms with van der Waals surface area (Å²) in [5.41, 5.74) is 0.0900. The van der Waals surface area contributed by atoms with Crippen molar-refractivity contribution in [3.8, 4) is 29.2 Å². The maximum Gasteiger partial charge on any atom is 0.387 e. The first-order chi connectivity index (χ1) is 15.5. The number of methoxy groups -OCH3 is 1. The van der Waals surface area contributed by atoms with Crippen molar-refractivity contribution in [1.82, 2.24) is 9.88 Å². The SMILES string of the molecule is COc1cccc(C(=O)N2CCN(c3oc(-c4ccco4)nc3C#N)CC2)c1OC(F)F. The van der Waals surface area contributed by atoms with Crippen LogP contribution in [-0.4, -0.2) is 55.7 Å². The molecule has 2 aromatic heterocycles. The summed E-state index contributed by atoms with van der Waals surface area (Å²) in [5.74, 6) is 0.141. The van der Waals surface area contributed by atoms with Crippen molar-refractivity contribution in [3.63, 3.8) is 0 Å². The average Bonchev–Trinajstić information content (AvgIpc) is 3.48. The molecule has 0 saturated carbocycles. The number of rotatable bonds is 6. The fraction of sp³-hybridized carbons (Fsp3) is 0.286. The van der Waals surface area contributed by atoms with E-state index in [1.54, 1.807) is 17.0 Å². The molecule has 1 aromatic carbocycles. The predicted molar refractivity (Wildman–Crippen MR) is 107 cm³/mol. The minimum Gasteiger partial charge on any atom is -0.493 e. The number of ether oxygens (including phenoxy) is 2. The Labute approximate surface area is 181 Å². The Morgan fingerprint density at radius 2 is 2.00 bits per heavy atom. The summed E-state index contributed by atoms with van der Waals surface area (Å²) in [6.45, 7) is -1.86. The van der Waals surface area contributed by atoms with Gasteiger partial charge in [0, 0.05) is 26.2 Å². The van der Waals surface area contributed by atoms with E-state index in [1.807, 2.05) is 6.07 Å². The highest BCUT2D eigenvalue weighted by Gasteiger charge is 2.30. The lowest BCUT2D eigenvalue weighted by Crippen LogP contribution is -2.49. The number of nitrogens with zero attached hydrogens (tertiary/aromatic N) is 4. The van der Waals surface area contributed by atoms with Crippen LogP contribution in [-0.2, 0) is 0 Å². The van der Waals surface area contributed by atoms with Crippen molar-refractivity contribution in [2.75, 3.05) is 38.2 Å². The summed E-state index contributed by atoms with van der Waals surface area (Å²) in [4.78, 5) is 20.5. The fourth-order valence-corrected chi connectivity index (χ4v) is 3.44. The highest BCUT2D eigenvalue weighted by atomic mass is 19.3. The van der Waals surface area contributed by atoms with Gasteiger partial charge in [-0.3, -0.25) is 4.79 Å². The largest absolute Gasteiger partial charge is 0.493 e. The number of benzene rings is 1. The Kier molecular flexibility index (Phi) is 5.93. The van der Waals surface area contributed by atoms with Crippen molar-refractivity contribution in [3.05, 3.63) is 47.9 Å². The summed E-state index contributed by atoms with van der Waals surface area (Å²) < 4.78 is 46.4. The van der Waals surface area contributed by atoms with E-state index in [0.717, 1.165) is 0 Å². The minimum atomic E-state index is -3.10. The molecule has 1 fully saturated rings. The molecule has 0 radical (unpaired) electrons. The number of halogens is 2. The van der Waals surface area contributed by atoms with Gasteiger partial charge in [-0.2, -0.15) is 19.0 Å². The molecule has 0 atom stereocenters. The molecule has 4 rings (SSSR count). The van der Waals surface area contributed by atoms with Gasteiger partial charge < -0.3 is 28.1 Å². The molecule has 3 aromatic rings. The maximum atomic E-state index is 13.0. The van der Waals surface area contributed by atoms with Gasteiger partial charge in [0.25, 0.3) is 11.8 Å². The summed E-state index contributed by atoms with van der Waals surface area (Å²) in [5, 5.41) is 9.42. The van der Waals surface area contributed by atoms with E-state index in [0.29, 0.717) is 18.8 Å². The van der Waals surface area contributed by atoms with Crippen molar-refractivity contribution >= 4 is 11.8 Å². The molecule has 0 bridgehead atoms. The second kappa shape index (κ2) is 8.97. The monoisotopic (exact) mass is 444 g/mol. The number of alkyl halides is 2. The second-order valence-electron chi connectivity index (χ2n) is 6.76. The molecule has 0 unspecified atom stereocenters. The van der Waals surface area contributed by atoms with Gasteiger partial charge in [-0.05, 0) is 24.3 Å². The number of anilines is 1. The molecule has 9 nitrogen and oxygen atoms in total. The zero-order valence-electron chi connectivity index (χ0n) is 17.0. The van der Waals surface area contributed by atoms with Crippen LogP contribution < -0.4 is 14.4 Å². The number of hydrogen-bond acceptors (Lipinski definition) is 8. The van der Waals surface area contributed by atoms with Gasteiger partial charge in [0.1, 0.15) is 6.07 Å². The van der Waals surface area contributed by atoms with Gasteiger partial charge >= 0.3 is 6.61 Å². The standard InChI is InChI=1S/C21H18F2N4O5/c1-29-15-5-2-4-13(17(15)31-21(22)23)19(28)26-7-9-27(10-8-26)20-14(12-24)25-18(32-20)16-6-3-11-30-16/h2-6,11,21H,7-10H2,1H3. The zero-order valence-corrected chi connectivity index (χ0v) is 17.0. The van der Waals surface area contributed by atoms with Crippen LogP contribution in [0.1, 0.15) is 16.1 Å². The second-order valence-corrected chi connectivity index (χ2v) is 6.76. The molecule has 0 aliphatic carbocycles.